The molecule has 0 bridgehead atoms. The Morgan fingerprint density at radius 3 is 2.88 bits per heavy atom. The van der Waals surface area contributed by atoms with Gasteiger partial charge in [0.1, 0.15) is 10.6 Å². The van der Waals surface area contributed by atoms with Gasteiger partial charge in [-0.05, 0) is 61.3 Å². The highest BCUT2D eigenvalue weighted by molar-refractivity contribution is 7.17. The fourth-order valence-corrected chi connectivity index (χ4v) is 6.07. The minimum Gasteiger partial charge on any atom is -0.464 e. The van der Waals surface area contributed by atoms with Gasteiger partial charge in [0, 0.05) is 29.0 Å². The van der Waals surface area contributed by atoms with Crippen LogP contribution >= 0.6 is 11.3 Å². The predicted molar refractivity (Wildman–Crippen MR) is 130 cm³/mol. The molecular weight excluding hydrogens is 436 g/mol. The van der Waals surface area contributed by atoms with E-state index < -0.39 is 0 Å². The number of furan rings is 1. The fraction of sp³-hybridized carbons (Fsp3) is 0.462. The van der Waals surface area contributed by atoms with Crippen molar-refractivity contribution in [1.29, 1.82) is 0 Å². The fourth-order valence-electron chi connectivity index (χ4n) is 4.77. The van der Waals surface area contributed by atoms with Crippen molar-refractivity contribution in [2.45, 2.75) is 64.4 Å². The number of fused-ring (bicyclic) bond motifs is 2. The monoisotopic (exact) mass is 466 g/mol. The lowest BCUT2D eigenvalue weighted by atomic mass is 10.00. The largest absolute Gasteiger partial charge is 0.464 e. The number of nitrogens with one attached hydrogen (secondary N) is 2. The molecule has 7 heteroatoms. The van der Waals surface area contributed by atoms with Crippen molar-refractivity contribution < 1.29 is 18.7 Å². The van der Waals surface area contributed by atoms with Crippen LogP contribution in [0.15, 0.2) is 28.9 Å². The van der Waals surface area contributed by atoms with E-state index in [4.69, 9.17) is 9.15 Å². The summed E-state index contributed by atoms with van der Waals surface area (Å²) in [5, 5.41) is 7.70. The molecule has 0 spiro atoms. The van der Waals surface area contributed by atoms with Crippen LogP contribution in [0.25, 0.3) is 11.0 Å². The van der Waals surface area contributed by atoms with Crippen molar-refractivity contribution in [3.8, 4) is 0 Å². The molecule has 3 aromatic rings. The van der Waals surface area contributed by atoms with Crippen molar-refractivity contribution in [2.75, 3.05) is 18.5 Å². The number of thiophene rings is 1. The second-order valence-electron chi connectivity index (χ2n) is 9.30. The Morgan fingerprint density at radius 2 is 2.09 bits per heavy atom. The van der Waals surface area contributed by atoms with Crippen LogP contribution in [0.5, 0.6) is 0 Å². The number of carbonyl (C=O) groups excluding carboxylic acids is 2. The summed E-state index contributed by atoms with van der Waals surface area (Å²) in [5.74, 6) is 0.145. The first-order valence-electron chi connectivity index (χ1n) is 11.8. The number of carbonyl (C=O) groups is 2. The van der Waals surface area contributed by atoms with Gasteiger partial charge < -0.3 is 19.8 Å². The van der Waals surface area contributed by atoms with Crippen molar-refractivity contribution >= 4 is 39.1 Å². The number of hydrogen-bond donors (Lipinski definition) is 2. The minimum atomic E-state index is -0.138. The lowest BCUT2D eigenvalue weighted by Gasteiger charge is -2.12. The Balaban J connectivity index is 1.33. The van der Waals surface area contributed by atoms with Gasteiger partial charge in [0.15, 0.2) is 0 Å². The number of aryl methyl sites for hydroxylation is 1. The second-order valence-corrected chi connectivity index (χ2v) is 10.4. The number of anilines is 1. The lowest BCUT2D eigenvalue weighted by Crippen LogP contribution is -2.32. The van der Waals surface area contributed by atoms with Crippen LogP contribution in [0, 0.1) is 0 Å². The Bertz CT molecular complexity index is 1190. The molecule has 6 nitrogen and oxygen atoms in total. The van der Waals surface area contributed by atoms with E-state index in [2.05, 4.69) is 36.6 Å². The summed E-state index contributed by atoms with van der Waals surface area (Å²) in [4.78, 5) is 27.3. The van der Waals surface area contributed by atoms with Crippen LogP contribution in [0.2, 0.25) is 0 Å². The summed E-state index contributed by atoms with van der Waals surface area (Å²) in [7, 11) is 0. The van der Waals surface area contributed by atoms with E-state index in [0.717, 1.165) is 60.8 Å². The SMILES string of the molecule is CC(C)c1ccc2occ(CC(=O)Nc3sc4c(c3C(=O)NCC3CCCO3)CCC4)c2c1. The van der Waals surface area contributed by atoms with Gasteiger partial charge >= 0.3 is 0 Å². The molecule has 1 atom stereocenters. The summed E-state index contributed by atoms with van der Waals surface area (Å²) in [6.07, 6.45) is 6.87. The number of amides is 2. The molecular formula is C26H30N2O4S. The van der Waals surface area contributed by atoms with Crippen molar-refractivity contribution in [1.82, 2.24) is 5.32 Å². The van der Waals surface area contributed by atoms with Gasteiger partial charge in [0.05, 0.1) is 24.4 Å². The van der Waals surface area contributed by atoms with Crippen molar-refractivity contribution in [2.24, 2.45) is 0 Å². The Kier molecular flexibility index (Phi) is 6.25. The normalized spacial score (nSPS) is 17.6. The first-order chi connectivity index (χ1) is 16.0. The average molecular weight is 467 g/mol. The van der Waals surface area contributed by atoms with E-state index >= 15 is 0 Å². The van der Waals surface area contributed by atoms with Gasteiger partial charge in [0.2, 0.25) is 5.91 Å². The zero-order valence-corrected chi connectivity index (χ0v) is 20.0. The molecule has 2 amide bonds. The van der Waals surface area contributed by atoms with Gasteiger partial charge in [0.25, 0.3) is 5.91 Å². The molecule has 0 saturated carbocycles. The Morgan fingerprint density at radius 1 is 1.21 bits per heavy atom. The molecule has 0 radical (unpaired) electrons. The number of benzene rings is 1. The summed E-state index contributed by atoms with van der Waals surface area (Å²) in [6.45, 7) is 5.57. The van der Waals surface area contributed by atoms with Crippen LogP contribution in [0.4, 0.5) is 5.00 Å². The third-order valence-corrected chi connectivity index (χ3v) is 7.82. The van der Waals surface area contributed by atoms with Gasteiger partial charge in [-0.15, -0.1) is 11.3 Å². The summed E-state index contributed by atoms with van der Waals surface area (Å²) >= 11 is 1.54. The highest BCUT2D eigenvalue weighted by Gasteiger charge is 2.28. The molecule has 1 unspecified atom stereocenters. The van der Waals surface area contributed by atoms with Gasteiger partial charge in [-0.25, -0.2) is 0 Å². The van der Waals surface area contributed by atoms with E-state index in [1.807, 2.05) is 6.07 Å². The van der Waals surface area contributed by atoms with E-state index in [0.29, 0.717) is 23.0 Å². The molecule has 174 valence electrons. The molecule has 1 saturated heterocycles. The van der Waals surface area contributed by atoms with Crippen molar-refractivity contribution in [3.63, 3.8) is 0 Å². The average Bonchev–Trinajstić information content (AvgIpc) is 3.57. The molecule has 1 fully saturated rings. The van der Waals surface area contributed by atoms with E-state index in [-0.39, 0.29) is 24.3 Å². The topological polar surface area (TPSA) is 80.6 Å². The zero-order valence-electron chi connectivity index (χ0n) is 19.2. The van der Waals surface area contributed by atoms with Gasteiger partial charge in [-0.3, -0.25) is 9.59 Å². The first-order valence-corrected chi connectivity index (χ1v) is 12.7. The smallest absolute Gasteiger partial charge is 0.254 e. The quantitative estimate of drug-likeness (QED) is 0.502. The second kappa shape index (κ2) is 9.31. The first kappa shape index (κ1) is 22.2. The van der Waals surface area contributed by atoms with Gasteiger partial charge in [-0.1, -0.05) is 19.9 Å². The third kappa shape index (κ3) is 4.57. The summed E-state index contributed by atoms with van der Waals surface area (Å²) in [5.41, 5.74) is 4.59. The molecule has 1 aliphatic heterocycles. The molecule has 1 aliphatic carbocycles. The summed E-state index contributed by atoms with van der Waals surface area (Å²) < 4.78 is 11.3. The number of ether oxygens (including phenoxy) is 1. The van der Waals surface area contributed by atoms with E-state index in [1.54, 1.807) is 6.26 Å². The van der Waals surface area contributed by atoms with Crippen LogP contribution in [0.1, 0.15) is 71.0 Å². The minimum absolute atomic E-state index is 0.0868. The van der Waals surface area contributed by atoms with Crippen molar-refractivity contribution in [3.05, 3.63) is 51.6 Å². The molecule has 5 rings (SSSR count). The predicted octanol–water partition coefficient (Wildman–Crippen LogP) is 5.20. The molecule has 2 aromatic heterocycles. The van der Waals surface area contributed by atoms with Crippen LogP contribution < -0.4 is 10.6 Å². The Hall–Kier alpha value is -2.64. The van der Waals surface area contributed by atoms with E-state index in [9.17, 15) is 9.59 Å². The van der Waals surface area contributed by atoms with Crippen LogP contribution in [-0.4, -0.2) is 31.1 Å². The lowest BCUT2D eigenvalue weighted by molar-refractivity contribution is -0.115. The molecule has 3 heterocycles. The zero-order chi connectivity index (χ0) is 22.9. The van der Waals surface area contributed by atoms with Crippen LogP contribution in [-0.2, 0) is 28.8 Å². The van der Waals surface area contributed by atoms with E-state index in [1.165, 1.54) is 21.8 Å². The summed E-state index contributed by atoms with van der Waals surface area (Å²) in [6, 6.07) is 6.14. The highest BCUT2D eigenvalue weighted by Crippen LogP contribution is 2.39. The Labute approximate surface area is 197 Å². The molecule has 33 heavy (non-hydrogen) atoms. The molecule has 2 aliphatic rings. The number of hydrogen-bond acceptors (Lipinski definition) is 5. The maximum Gasteiger partial charge on any atom is 0.254 e. The van der Waals surface area contributed by atoms with Gasteiger partial charge in [-0.2, -0.15) is 0 Å². The third-order valence-electron chi connectivity index (χ3n) is 6.61. The highest BCUT2D eigenvalue weighted by atomic mass is 32.1. The maximum atomic E-state index is 13.1. The van der Waals surface area contributed by atoms with Crippen LogP contribution in [0.3, 0.4) is 0 Å². The molecule has 1 aromatic carbocycles. The maximum absolute atomic E-state index is 13.1. The molecule has 2 N–H and O–H groups in total. The number of rotatable bonds is 7. The standard InChI is InChI=1S/C26H30N2O4S/c1-15(2)16-8-9-21-20(11-16)17(14-32-21)12-23(29)28-26-24(19-6-3-7-22(19)33-26)25(30)27-13-18-5-4-10-31-18/h8-9,11,14-15,18H,3-7,10,12-13H2,1-2H3,(H,27,30)(H,28,29).